The lowest BCUT2D eigenvalue weighted by Crippen LogP contribution is -2.64. The zero-order valence-corrected chi connectivity index (χ0v) is 32.0. The first-order valence-electron chi connectivity index (χ1n) is 18.6. The van der Waals surface area contributed by atoms with Gasteiger partial charge < -0.3 is 38.9 Å². The minimum Gasteiger partial charge on any atom is -0.467 e. The average molecular weight is 764 g/mol. The summed E-state index contributed by atoms with van der Waals surface area (Å²) >= 11 is 0. The second-order valence-electron chi connectivity index (χ2n) is 15.9. The fourth-order valence-electron chi connectivity index (χ4n) is 10.6. The number of urea groups is 1. The van der Waals surface area contributed by atoms with Crippen molar-refractivity contribution in [1.29, 1.82) is 0 Å². The predicted molar refractivity (Wildman–Crippen MR) is 185 cm³/mol. The third kappa shape index (κ3) is 8.26. The number of carbonyl (C=O) groups is 7. The molecule has 4 aliphatic carbocycles. The highest BCUT2D eigenvalue weighted by atomic mass is 16.7. The summed E-state index contributed by atoms with van der Waals surface area (Å²) in [6, 6.07) is -0.931. The number of hydrogen-bond donors (Lipinski definition) is 2. The van der Waals surface area contributed by atoms with Gasteiger partial charge in [0.1, 0.15) is 11.9 Å². The van der Waals surface area contributed by atoms with Gasteiger partial charge in [0.25, 0.3) is 0 Å². The van der Waals surface area contributed by atoms with Gasteiger partial charge >= 0.3 is 35.9 Å². The zero-order valence-electron chi connectivity index (χ0n) is 32.0. The van der Waals surface area contributed by atoms with Crippen LogP contribution < -0.4 is 11.2 Å². The van der Waals surface area contributed by atoms with Crippen LogP contribution in [-0.2, 0) is 61.9 Å². The van der Waals surface area contributed by atoms with Crippen molar-refractivity contribution in [2.24, 2.45) is 51.3 Å². The van der Waals surface area contributed by atoms with E-state index >= 15 is 0 Å². The SMILES string of the molecule is COC(=O)[C@@H]1O[C@H](OC/C(=N\NC(N)=O)[C@@H]2CC[C@@H]3[C@@H]4CC[C@@H]5C[C@H](OC(C)=O)CC[C@]5(C)[C@@H]4C(=O)C[C@@]32C)[C@@H](OC(C)=O)[C@H](OC(C)=O)[C@H]1OC(C)=O. The molecule has 1 saturated heterocycles. The second-order valence-corrected chi connectivity index (χ2v) is 15.9. The maximum absolute atomic E-state index is 14.4. The number of hydrazone groups is 1. The Balaban J connectivity index is 1.42. The van der Waals surface area contributed by atoms with Crippen LogP contribution in [0.4, 0.5) is 4.79 Å². The number of esters is 5. The van der Waals surface area contributed by atoms with Gasteiger partial charge in [-0.1, -0.05) is 13.8 Å². The molecule has 5 fully saturated rings. The van der Waals surface area contributed by atoms with Crippen LogP contribution in [0, 0.1) is 40.4 Å². The first-order valence-corrected chi connectivity index (χ1v) is 18.6. The van der Waals surface area contributed by atoms with Gasteiger partial charge in [0.15, 0.2) is 30.7 Å². The molecule has 2 amide bonds. The lowest BCUT2D eigenvalue weighted by molar-refractivity contribution is -0.298. The van der Waals surface area contributed by atoms with E-state index in [1.54, 1.807) is 0 Å². The van der Waals surface area contributed by atoms with Crippen molar-refractivity contribution in [3.63, 3.8) is 0 Å². The van der Waals surface area contributed by atoms with E-state index in [0.717, 1.165) is 66.4 Å². The Hall–Kier alpha value is -4.12. The van der Waals surface area contributed by atoms with Gasteiger partial charge in [-0.25, -0.2) is 15.0 Å². The van der Waals surface area contributed by atoms with Crippen molar-refractivity contribution >= 4 is 47.4 Å². The van der Waals surface area contributed by atoms with E-state index in [1.807, 2.05) is 0 Å². The normalized spacial score (nSPS) is 38.8. The molecule has 1 aliphatic heterocycles. The predicted octanol–water partition coefficient (Wildman–Crippen LogP) is 2.49. The third-order valence-electron chi connectivity index (χ3n) is 12.6. The molecule has 300 valence electrons. The number of amides is 2. The van der Waals surface area contributed by atoms with Crippen LogP contribution in [0.1, 0.15) is 92.9 Å². The zero-order chi connectivity index (χ0) is 39.7. The van der Waals surface area contributed by atoms with Gasteiger partial charge in [0, 0.05) is 46.0 Å². The highest BCUT2D eigenvalue weighted by molar-refractivity contribution is 5.92. The summed E-state index contributed by atoms with van der Waals surface area (Å²) in [6.07, 6.45) is -2.33. The summed E-state index contributed by atoms with van der Waals surface area (Å²) in [5.74, 6) is -3.56. The molecule has 5 aliphatic rings. The van der Waals surface area contributed by atoms with Crippen molar-refractivity contribution in [1.82, 2.24) is 5.43 Å². The highest BCUT2D eigenvalue weighted by Gasteiger charge is 2.64. The maximum Gasteiger partial charge on any atom is 0.339 e. The number of nitrogens with one attached hydrogen (secondary N) is 1. The number of nitrogens with zero attached hydrogens (tertiary/aromatic N) is 1. The van der Waals surface area contributed by atoms with Gasteiger partial charge in [-0.2, -0.15) is 5.10 Å². The van der Waals surface area contributed by atoms with Crippen molar-refractivity contribution in [3.05, 3.63) is 0 Å². The molecule has 54 heavy (non-hydrogen) atoms. The monoisotopic (exact) mass is 763 g/mol. The van der Waals surface area contributed by atoms with E-state index in [0.29, 0.717) is 12.1 Å². The summed E-state index contributed by atoms with van der Waals surface area (Å²) in [4.78, 5) is 87.6. The van der Waals surface area contributed by atoms with Crippen LogP contribution in [-0.4, -0.2) is 97.9 Å². The van der Waals surface area contributed by atoms with E-state index in [2.05, 4.69) is 24.4 Å². The Bertz CT molecular complexity index is 1550. The molecule has 0 aromatic rings. The number of primary amides is 1. The van der Waals surface area contributed by atoms with Gasteiger partial charge in [0.2, 0.25) is 0 Å². The number of carbonyl (C=O) groups excluding carboxylic acids is 7. The van der Waals surface area contributed by atoms with Crippen molar-refractivity contribution < 1.29 is 66.7 Å². The number of fused-ring (bicyclic) bond motifs is 5. The minimum absolute atomic E-state index is 0.123. The summed E-state index contributed by atoms with van der Waals surface area (Å²) in [6.45, 7) is 8.63. The molecule has 13 atom stereocenters. The molecule has 1 heterocycles. The fraction of sp³-hybridized carbons (Fsp3) is 0.784. The van der Waals surface area contributed by atoms with Crippen LogP contribution in [0.3, 0.4) is 0 Å². The summed E-state index contributed by atoms with van der Waals surface area (Å²) in [7, 11) is 1.08. The second kappa shape index (κ2) is 16.3. The highest BCUT2D eigenvalue weighted by Crippen LogP contribution is 2.66. The molecule has 0 aromatic heterocycles. The van der Waals surface area contributed by atoms with Crippen molar-refractivity contribution in [2.75, 3.05) is 13.7 Å². The largest absolute Gasteiger partial charge is 0.467 e. The molecular weight excluding hydrogens is 710 g/mol. The fourth-order valence-corrected chi connectivity index (χ4v) is 10.6. The van der Waals surface area contributed by atoms with E-state index < -0.39 is 66.0 Å². The minimum atomic E-state index is -1.66. The van der Waals surface area contributed by atoms with Crippen LogP contribution in [0.25, 0.3) is 0 Å². The smallest absolute Gasteiger partial charge is 0.339 e. The standard InChI is InChI=1S/C37H53N3O14/c1-17(41)50-22-12-13-36(5)21(14-22)8-9-23-24-10-11-25(37(24,6)15-27(45)28(23)36)26(39-40-35(38)47)16-49-34-32(53-20(4)44)30(52-19(3)43)29(51-18(2)42)31(54-34)33(46)48-7/h21-25,28-32,34H,8-16H2,1-7H3,(H3,38,40,47)/b39-26+/t21-,22-,23+,24-,25+,28+,29-,30-,31-,32+,34+,36+,37+/m1/s1. The number of ether oxygens (including phenoxy) is 7. The van der Waals surface area contributed by atoms with Crippen LogP contribution in [0.2, 0.25) is 0 Å². The van der Waals surface area contributed by atoms with Crippen LogP contribution in [0.15, 0.2) is 5.10 Å². The first-order chi connectivity index (χ1) is 25.4. The topological polar surface area (TPSA) is 235 Å². The summed E-state index contributed by atoms with van der Waals surface area (Å²) in [5.41, 5.74) is 7.26. The quantitative estimate of drug-likeness (QED) is 0.141. The Morgan fingerprint density at radius 3 is 2.07 bits per heavy atom. The molecule has 0 spiro atoms. The number of hydrogen-bond acceptors (Lipinski definition) is 15. The Labute approximate surface area is 314 Å². The molecule has 5 rings (SSSR count). The molecule has 4 saturated carbocycles. The Morgan fingerprint density at radius 1 is 0.833 bits per heavy atom. The molecule has 0 aromatic carbocycles. The Kier molecular flexibility index (Phi) is 12.4. The molecule has 17 heteroatoms. The molecule has 0 unspecified atom stereocenters. The maximum atomic E-state index is 14.4. The van der Waals surface area contributed by atoms with Crippen LogP contribution >= 0.6 is 0 Å². The molecule has 17 nitrogen and oxygen atoms in total. The van der Waals surface area contributed by atoms with E-state index in [9.17, 15) is 33.6 Å². The molecule has 0 radical (unpaired) electrons. The number of Topliss-reactive ketones (excluding diaryl/α,β-unsaturated/α-hetero) is 1. The molecular formula is C37H53N3O14. The number of rotatable bonds is 10. The lowest BCUT2D eigenvalue weighted by Gasteiger charge is -2.60. The van der Waals surface area contributed by atoms with E-state index in [-0.39, 0.29) is 65.9 Å². The first kappa shape index (κ1) is 41.1. The number of nitrogens with two attached hydrogens (primary N) is 1. The van der Waals surface area contributed by atoms with E-state index in [1.165, 1.54) is 6.92 Å². The number of ketones is 1. The lowest BCUT2D eigenvalue weighted by atomic mass is 9.44. The van der Waals surface area contributed by atoms with Crippen molar-refractivity contribution in [2.45, 2.75) is 130 Å². The average Bonchev–Trinajstić information content (AvgIpc) is 3.41. The third-order valence-corrected chi connectivity index (χ3v) is 12.6. The van der Waals surface area contributed by atoms with Gasteiger partial charge in [-0.3, -0.25) is 24.0 Å². The van der Waals surface area contributed by atoms with Gasteiger partial charge in [-0.05, 0) is 73.5 Å². The molecule has 0 bridgehead atoms. The summed E-state index contributed by atoms with van der Waals surface area (Å²) < 4.78 is 38.9. The van der Waals surface area contributed by atoms with Crippen LogP contribution in [0.5, 0.6) is 0 Å². The molecule has 3 N–H and O–H groups in total. The van der Waals surface area contributed by atoms with Gasteiger partial charge in [0.05, 0.1) is 19.4 Å². The van der Waals surface area contributed by atoms with Gasteiger partial charge in [-0.15, -0.1) is 0 Å². The Morgan fingerprint density at radius 2 is 1.46 bits per heavy atom. The van der Waals surface area contributed by atoms with Crippen molar-refractivity contribution in [3.8, 4) is 0 Å². The summed E-state index contributed by atoms with van der Waals surface area (Å²) in [5, 5.41) is 4.35. The number of methoxy groups -OCH3 is 1. The van der Waals surface area contributed by atoms with E-state index in [4.69, 9.17) is 38.9 Å².